The molecule has 0 aromatic heterocycles. The largest absolute Gasteiger partial charge is 0.337 e. The lowest BCUT2D eigenvalue weighted by atomic mass is 9.96. The van der Waals surface area contributed by atoms with Crippen molar-refractivity contribution in [1.82, 2.24) is 10.6 Å². The standard InChI is InChI=1S/C10H20N2O2S/c1-15(14)8-7-11-10(13)12-9-5-3-2-4-6-9/h9H,2-8H2,1H3,(H2,11,12,13). The van der Waals surface area contributed by atoms with Gasteiger partial charge in [-0.2, -0.15) is 0 Å². The second kappa shape index (κ2) is 6.82. The van der Waals surface area contributed by atoms with Crippen LogP contribution in [-0.4, -0.2) is 34.8 Å². The zero-order chi connectivity index (χ0) is 11.1. The van der Waals surface area contributed by atoms with Crippen LogP contribution < -0.4 is 10.6 Å². The van der Waals surface area contributed by atoms with Crippen molar-refractivity contribution < 1.29 is 9.00 Å². The van der Waals surface area contributed by atoms with E-state index in [4.69, 9.17) is 0 Å². The van der Waals surface area contributed by atoms with E-state index in [1.165, 1.54) is 19.3 Å². The zero-order valence-electron chi connectivity index (χ0n) is 9.25. The number of hydrogen-bond donors (Lipinski definition) is 2. The Morgan fingerprint density at radius 1 is 1.33 bits per heavy atom. The van der Waals surface area contributed by atoms with Crippen molar-refractivity contribution in [3.63, 3.8) is 0 Å². The van der Waals surface area contributed by atoms with Gasteiger partial charge in [-0.3, -0.25) is 4.21 Å². The van der Waals surface area contributed by atoms with Gasteiger partial charge in [0.2, 0.25) is 0 Å². The monoisotopic (exact) mass is 232 g/mol. The summed E-state index contributed by atoms with van der Waals surface area (Å²) in [7, 11) is -0.831. The molecule has 0 bridgehead atoms. The van der Waals surface area contributed by atoms with Gasteiger partial charge in [0.25, 0.3) is 0 Å². The molecule has 1 rings (SSSR count). The molecular formula is C10H20N2O2S. The van der Waals surface area contributed by atoms with E-state index in [0.717, 1.165) is 12.8 Å². The van der Waals surface area contributed by atoms with Gasteiger partial charge >= 0.3 is 6.03 Å². The van der Waals surface area contributed by atoms with E-state index < -0.39 is 10.8 Å². The summed E-state index contributed by atoms with van der Waals surface area (Å²) in [6, 6.07) is 0.221. The third-order valence-corrected chi connectivity index (χ3v) is 3.39. The maximum absolute atomic E-state index is 11.4. The van der Waals surface area contributed by atoms with Gasteiger partial charge in [-0.25, -0.2) is 4.79 Å². The number of carbonyl (C=O) groups excluding carboxylic acids is 1. The highest BCUT2D eigenvalue weighted by Gasteiger charge is 2.14. The van der Waals surface area contributed by atoms with Crippen LogP contribution in [0.15, 0.2) is 0 Å². The van der Waals surface area contributed by atoms with Crippen molar-refractivity contribution in [1.29, 1.82) is 0 Å². The van der Waals surface area contributed by atoms with Gasteiger partial charge < -0.3 is 10.6 Å². The van der Waals surface area contributed by atoms with E-state index in [0.29, 0.717) is 18.3 Å². The summed E-state index contributed by atoms with van der Waals surface area (Å²) in [6.07, 6.45) is 7.53. The Bertz CT molecular complexity index is 227. The van der Waals surface area contributed by atoms with Crippen LogP contribution in [-0.2, 0) is 10.8 Å². The van der Waals surface area contributed by atoms with E-state index in [-0.39, 0.29) is 6.03 Å². The molecule has 0 aromatic carbocycles. The van der Waals surface area contributed by atoms with E-state index >= 15 is 0 Å². The van der Waals surface area contributed by atoms with Crippen LogP contribution in [0.25, 0.3) is 0 Å². The molecule has 1 aliphatic carbocycles. The quantitative estimate of drug-likeness (QED) is 0.759. The van der Waals surface area contributed by atoms with Crippen molar-refractivity contribution in [2.24, 2.45) is 0 Å². The third kappa shape index (κ3) is 5.77. The van der Waals surface area contributed by atoms with Crippen LogP contribution in [0.4, 0.5) is 4.79 Å². The number of nitrogens with one attached hydrogen (secondary N) is 2. The summed E-state index contributed by atoms with van der Waals surface area (Å²) >= 11 is 0. The highest BCUT2D eigenvalue weighted by molar-refractivity contribution is 7.84. The average Bonchev–Trinajstić information content (AvgIpc) is 2.18. The fraction of sp³-hybridized carbons (Fsp3) is 0.900. The van der Waals surface area contributed by atoms with Gasteiger partial charge in [0, 0.05) is 35.4 Å². The molecule has 15 heavy (non-hydrogen) atoms. The molecule has 0 saturated heterocycles. The smallest absolute Gasteiger partial charge is 0.315 e. The summed E-state index contributed by atoms with van der Waals surface area (Å²) in [5, 5.41) is 5.66. The van der Waals surface area contributed by atoms with Crippen LogP contribution in [0.3, 0.4) is 0 Å². The lowest BCUT2D eigenvalue weighted by Crippen LogP contribution is -2.43. The zero-order valence-corrected chi connectivity index (χ0v) is 10.1. The van der Waals surface area contributed by atoms with Crippen molar-refractivity contribution in [2.45, 2.75) is 38.1 Å². The lowest BCUT2D eigenvalue weighted by molar-refractivity contribution is 0.233. The molecule has 0 spiro atoms. The predicted octanol–water partition coefficient (Wildman–Crippen LogP) is 0.997. The van der Waals surface area contributed by atoms with Gasteiger partial charge in [0.05, 0.1) is 0 Å². The minimum Gasteiger partial charge on any atom is -0.337 e. The van der Waals surface area contributed by atoms with Crippen molar-refractivity contribution in [2.75, 3.05) is 18.6 Å². The Hall–Kier alpha value is -0.580. The number of urea groups is 1. The number of rotatable bonds is 4. The normalized spacial score (nSPS) is 19.5. The fourth-order valence-corrected chi connectivity index (χ4v) is 2.18. The van der Waals surface area contributed by atoms with E-state index in [1.54, 1.807) is 6.26 Å². The molecule has 88 valence electrons. The van der Waals surface area contributed by atoms with Crippen molar-refractivity contribution in [3.05, 3.63) is 0 Å². The summed E-state index contributed by atoms with van der Waals surface area (Å²) in [4.78, 5) is 11.4. The summed E-state index contributed by atoms with van der Waals surface area (Å²) in [5.41, 5.74) is 0. The first kappa shape index (κ1) is 12.5. The van der Waals surface area contributed by atoms with Gasteiger partial charge in [0.15, 0.2) is 0 Å². The summed E-state index contributed by atoms with van der Waals surface area (Å²) in [6.45, 7) is 0.488. The molecule has 1 atom stereocenters. The van der Waals surface area contributed by atoms with E-state index in [2.05, 4.69) is 10.6 Å². The maximum Gasteiger partial charge on any atom is 0.315 e. The van der Waals surface area contributed by atoms with Crippen LogP contribution >= 0.6 is 0 Å². The minimum absolute atomic E-state index is 0.118. The molecule has 1 aliphatic rings. The van der Waals surface area contributed by atoms with Crippen LogP contribution in [0.2, 0.25) is 0 Å². The molecule has 1 fully saturated rings. The Morgan fingerprint density at radius 3 is 2.60 bits per heavy atom. The van der Waals surface area contributed by atoms with Crippen LogP contribution in [0.5, 0.6) is 0 Å². The molecule has 0 radical (unpaired) electrons. The van der Waals surface area contributed by atoms with Crippen molar-refractivity contribution >= 4 is 16.8 Å². The fourth-order valence-electron chi connectivity index (χ4n) is 1.79. The number of carbonyl (C=O) groups is 1. The van der Waals surface area contributed by atoms with E-state index in [1.807, 2.05) is 0 Å². The second-order valence-electron chi connectivity index (χ2n) is 4.01. The molecule has 4 nitrogen and oxygen atoms in total. The van der Waals surface area contributed by atoms with Crippen LogP contribution in [0.1, 0.15) is 32.1 Å². The SMILES string of the molecule is CS(=O)CCNC(=O)NC1CCCCC1. The highest BCUT2D eigenvalue weighted by Crippen LogP contribution is 2.16. The molecular weight excluding hydrogens is 212 g/mol. The molecule has 0 heterocycles. The maximum atomic E-state index is 11.4. The van der Waals surface area contributed by atoms with Gasteiger partial charge in [-0.15, -0.1) is 0 Å². The summed E-state index contributed by atoms with van der Waals surface area (Å²) in [5.74, 6) is 0.526. The molecule has 1 unspecified atom stereocenters. The minimum atomic E-state index is -0.831. The number of hydrogen-bond acceptors (Lipinski definition) is 2. The Morgan fingerprint density at radius 2 is 2.00 bits per heavy atom. The van der Waals surface area contributed by atoms with E-state index in [9.17, 15) is 9.00 Å². The molecule has 2 amide bonds. The Balaban J connectivity index is 2.09. The first-order valence-electron chi connectivity index (χ1n) is 5.53. The second-order valence-corrected chi connectivity index (χ2v) is 5.57. The molecule has 0 aliphatic heterocycles. The first-order valence-corrected chi connectivity index (χ1v) is 7.25. The Labute approximate surface area is 93.7 Å². The first-order chi connectivity index (χ1) is 7.18. The van der Waals surface area contributed by atoms with Gasteiger partial charge in [0.1, 0.15) is 0 Å². The predicted molar refractivity (Wildman–Crippen MR) is 62.3 cm³/mol. The van der Waals surface area contributed by atoms with Crippen molar-refractivity contribution in [3.8, 4) is 0 Å². The number of amides is 2. The van der Waals surface area contributed by atoms with Gasteiger partial charge in [-0.1, -0.05) is 19.3 Å². The van der Waals surface area contributed by atoms with Gasteiger partial charge in [-0.05, 0) is 12.8 Å². The van der Waals surface area contributed by atoms with Crippen LogP contribution in [0, 0.1) is 0 Å². The molecule has 2 N–H and O–H groups in total. The lowest BCUT2D eigenvalue weighted by Gasteiger charge is -2.22. The molecule has 1 saturated carbocycles. The summed E-state index contributed by atoms with van der Waals surface area (Å²) < 4.78 is 10.8. The molecule has 0 aromatic rings. The average molecular weight is 232 g/mol. The highest BCUT2D eigenvalue weighted by atomic mass is 32.2. The Kier molecular flexibility index (Phi) is 5.68. The third-order valence-electron chi connectivity index (χ3n) is 2.62. The molecule has 5 heteroatoms. The topological polar surface area (TPSA) is 58.2 Å².